The maximum atomic E-state index is 12.5. The number of thioether (sulfide) groups is 1. The molecule has 3 unspecified atom stereocenters. The fourth-order valence-electron chi connectivity index (χ4n) is 2.21. The molecule has 0 saturated carbocycles. The summed E-state index contributed by atoms with van der Waals surface area (Å²) in [7, 11) is 0. The lowest BCUT2D eigenvalue weighted by molar-refractivity contribution is -0.143. The van der Waals surface area contributed by atoms with Crippen molar-refractivity contribution in [3.63, 3.8) is 0 Å². The summed E-state index contributed by atoms with van der Waals surface area (Å²) in [6.07, 6.45) is 1.57. The van der Waals surface area contributed by atoms with Gasteiger partial charge in [-0.1, -0.05) is 13.8 Å². The van der Waals surface area contributed by atoms with Crippen LogP contribution >= 0.6 is 11.8 Å². The highest BCUT2D eigenvalue weighted by molar-refractivity contribution is 7.98. The third-order valence-electron chi connectivity index (χ3n) is 3.72. The maximum Gasteiger partial charge on any atom is 0.326 e. The van der Waals surface area contributed by atoms with Gasteiger partial charge in [-0.3, -0.25) is 19.2 Å². The Morgan fingerprint density at radius 1 is 1.00 bits per heavy atom. The number of hydrogen-bond acceptors (Lipinski definition) is 7. The van der Waals surface area contributed by atoms with Crippen molar-refractivity contribution in [2.45, 2.75) is 44.8 Å². The summed E-state index contributed by atoms with van der Waals surface area (Å²) in [6.45, 7) is 2.88. The fraction of sp³-hybridized carbons (Fsp3) is 0.688. The van der Waals surface area contributed by atoms with E-state index < -0.39 is 60.1 Å². The summed E-state index contributed by atoms with van der Waals surface area (Å²) < 4.78 is 0. The Morgan fingerprint density at radius 2 is 1.57 bits per heavy atom. The van der Waals surface area contributed by atoms with Crippen LogP contribution in [0.25, 0.3) is 0 Å². The minimum Gasteiger partial charge on any atom is -0.480 e. The van der Waals surface area contributed by atoms with Crippen LogP contribution in [0, 0.1) is 5.92 Å². The second-order valence-electron chi connectivity index (χ2n) is 6.41. The molecule has 0 spiro atoms. The summed E-state index contributed by atoms with van der Waals surface area (Å²) >= 11 is 1.45. The van der Waals surface area contributed by atoms with E-state index >= 15 is 0 Å². The lowest BCUT2D eigenvalue weighted by atomic mass is 10.0. The van der Waals surface area contributed by atoms with Gasteiger partial charge in [0.15, 0.2) is 0 Å². The lowest BCUT2D eigenvalue weighted by Gasteiger charge is -2.24. The first-order chi connectivity index (χ1) is 13.0. The van der Waals surface area contributed by atoms with E-state index in [1.165, 1.54) is 11.8 Å². The first-order valence-corrected chi connectivity index (χ1v) is 10.0. The zero-order valence-corrected chi connectivity index (χ0v) is 17.0. The third kappa shape index (κ3) is 9.55. The fourth-order valence-corrected chi connectivity index (χ4v) is 2.68. The Bertz CT molecular complexity index is 586. The Labute approximate surface area is 167 Å². The van der Waals surface area contributed by atoms with Gasteiger partial charge in [-0.25, -0.2) is 4.79 Å². The topological polar surface area (TPSA) is 194 Å². The Kier molecular flexibility index (Phi) is 11.9. The molecule has 0 fully saturated rings. The van der Waals surface area contributed by atoms with E-state index in [9.17, 15) is 29.1 Å². The average Bonchev–Trinajstić information content (AvgIpc) is 2.60. The van der Waals surface area contributed by atoms with Gasteiger partial charge >= 0.3 is 5.97 Å². The summed E-state index contributed by atoms with van der Waals surface area (Å²) in [6, 6.07) is -3.55. The molecule has 12 heteroatoms. The van der Waals surface area contributed by atoms with Gasteiger partial charge in [-0.15, -0.1) is 0 Å². The molecule has 0 radical (unpaired) electrons. The number of hydrogen-bond donors (Lipinski definition) is 6. The first kappa shape index (κ1) is 25.7. The summed E-state index contributed by atoms with van der Waals surface area (Å²) in [5, 5.41) is 16.3. The third-order valence-corrected chi connectivity index (χ3v) is 4.36. The highest BCUT2D eigenvalue weighted by Gasteiger charge is 2.31. The van der Waals surface area contributed by atoms with Gasteiger partial charge < -0.3 is 32.5 Å². The van der Waals surface area contributed by atoms with Gasteiger partial charge in [0.1, 0.15) is 18.1 Å². The maximum absolute atomic E-state index is 12.5. The molecule has 160 valence electrons. The monoisotopic (exact) mass is 419 g/mol. The van der Waals surface area contributed by atoms with Crippen molar-refractivity contribution < 1.29 is 29.1 Å². The predicted molar refractivity (Wildman–Crippen MR) is 104 cm³/mol. The number of nitrogens with two attached hydrogens (primary N) is 2. The summed E-state index contributed by atoms with van der Waals surface area (Å²) in [4.78, 5) is 59.1. The van der Waals surface area contributed by atoms with Crippen LogP contribution in [0.5, 0.6) is 0 Å². The van der Waals surface area contributed by atoms with Crippen LogP contribution in [0.1, 0.15) is 26.7 Å². The molecule has 3 atom stereocenters. The van der Waals surface area contributed by atoms with Crippen LogP contribution in [0.2, 0.25) is 0 Å². The minimum absolute atomic E-state index is 0.271. The summed E-state index contributed by atoms with van der Waals surface area (Å²) in [5.41, 5.74) is 10.4. The van der Waals surface area contributed by atoms with Gasteiger partial charge in [0.25, 0.3) is 0 Å². The molecular weight excluding hydrogens is 390 g/mol. The number of rotatable bonds is 13. The van der Waals surface area contributed by atoms with Crippen molar-refractivity contribution in [2.75, 3.05) is 18.6 Å². The van der Waals surface area contributed by atoms with Crippen LogP contribution in [-0.4, -0.2) is 71.4 Å². The molecule has 0 aliphatic carbocycles. The standard InChI is InChI=1S/C16H29N5O6S/c1-8(2)13(16(26)27)21-15(25)10(6-11(18)22)20-14(24)9(4-5-28-3)19-12(23)7-17/h8-10,13H,4-7,17H2,1-3H3,(H2,18,22)(H,19,23)(H,20,24)(H,21,25)(H,26,27). The van der Waals surface area contributed by atoms with E-state index in [-0.39, 0.29) is 13.0 Å². The molecule has 0 aromatic heterocycles. The average molecular weight is 420 g/mol. The van der Waals surface area contributed by atoms with Crippen LogP contribution in [0.3, 0.4) is 0 Å². The molecule has 0 aliphatic heterocycles. The largest absolute Gasteiger partial charge is 0.480 e. The molecule has 0 heterocycles. The zero-order valence-electron chi connectivity index (χ0n) is 16.2. The number of amides is 4. The Morgan fingerprint density at radius 3 is 2.00 bits per heavy atom. The number of carbonyl (C=O) groups is 5. The molecule has 0 bridgehead atoms. The molecule has 0 aliphatic rings. The van der Waals surface area contributed by atoms with E-state index in [0.29, 0.717) is 5.75 Å². The van der Waals surface area contributed by atoms with E-state index in [2.05, 4.69) is 16.0 Å². The number of carbonyl (C=O) groups excluding carboxylic acids is 4. The molecule has 8 N–H and O–H groups in total. The van der Waals surface area contributed by atoms with E-state index in [1.807, 2.05) is 6.26 Å². The molecule has 0 rings (SSSR count). The van der Waals surface area contributed by atoms with Crippen molar-refractivity contribution in [1.29, 1.82) is 0 Å². The number of nitrogens with one attached hydrogen (secondary N) is 3. The van der Waals surface area contributed by atoms with Crippen molar-refractivity contribution in [3.8, 4) is 0 Å². The second-order valence-corrected chi connectivity index (χ2v) is 7.39. The molecular formula is C16H29N5O6S. The Hall–Kier alpha value is -2.34. The van der Waals surface area contributed by atoms with Gasteiger partial charge in [0.2, 0.25) is 23.6 Å². The molecule has 0 aromatic carbocycles. The normalized spacial score (nSPS) is 13.9. The predicted octanol–water partition coefficient (Wildman–Crippen LogP) is -2.23. The SMILES string of the molecule is CSCCC(NC(=O)CN)C(=O)NC(CC(N)=O)C(=O)NC(C(=O)O)C(C)C. The van der Waals surface area contributed by atoms with Gasteiger partial charge in [0.05, 0.1) is 13.0 Å². The number of primary amides is 1. The van der Waals surface area contributed by atoms with E-state index in [4.69, 9.17) is 11.5 Å². The molecule has 0 saturated heterocycles. The smallest absolute Gasteiger partial charge is 0.326 e. The second kappa shape index (κ2) is 12.9. The lowest BCUT2D eigenvalue weighted by Crippen LogP contribution is -2.57. The molecule has 11 nitrogen and oxygen atoms in total. The molecule has 0 aromatic rings. The van der Waals surface area contributed by atoms with Crippen LogP contribution in [-0.2, 0) is 24.0 Å². The van der Waals surface area contributed by atoms with Crippen molar-refractivity contribution in [2.24, 2.45) is 17.4 Å². The minimum atomic E-state index is -1.38. The molecule has 4 amide bonds. The Balaban J connectivity index is 5.32. The number of carboxylic acids is 1. The van der Waals surface area contributed by atoms with E-state index in [1.54, 1.807) is 13.8 Å². The highest BCUT2D eigenvalue weighted by atomic mass is 32.2. The highest BCUT2D eigenvalue weighted by Crippen LogP contribution is 2.05. The van der Waals surface area contributed by atoms with Crippen LogP contribution in [0.4, 0.5) is 0 Å². The van der Waals surface area contributed by atoms with Crippen molar-refractivity contribution >= 4 is 41.4 Å². The van der Waals surface area contributed by atoms with E-state index in [0.717, 1.165) is 0 Å². The molecule has 28 heavy (non-hydrogen) atoms. The van der Waals surface area contributed by atoms with Gasteiger partial charge in [0, 0.05) is 0 Å². The van der Waals surface area contributed by atoms with Crippen LogP contribution < -0.4 is 27.4 Å². The summed E-state index contributed by atoms with van der Waals surface area (Å²) in [5.74, 6) is -4.10. The quantitative estimate of drug-likeness (QED) is 0.193. The number of carboxylic acid groups (broad SMARTS) is 1. The van der Waals surface area contributed by atoms with Crippen molar-refractivity contribution in [1.82, 2.24) is 16.0 Å². The van der Waals surface area contributed by atoms with Gasteiger partial charge in [-0.05, 0) is 24.3 Å². The van der Waals surface area contributed by atoms with Gasteiger partial charge in [-0.2, -0.15) is 11.8 Å². The first-order valence-electron chi connectivity index (χ1n) is 8.63. The van der Waals surface area contributed by atoms with Crippen molar-refractivity contribution in [3.05, 3.63) is 0 Å². The number of aliphatic carboxylic acids is 1. The van der Waals surface area contributed by atoms with Crippen LogP contribution in [0.15, 0.2) is 0 Å². The zero-order chi connectivity index (χ0) is 21.9.